The smallest absolute Gasteiger partial charge is 0.191 e. The molecule has 0 aliphatic rings. The van der Waals surface area contributed by atoms with E-state index in [2.05, 4.69) is 21.2 Å². The van der Waals surface area contributed by atoms with Gasteiger partial charge in [-0.1, -0.05) is 41.6 Å². The highest BCUT2D eigenvalue weighted by molar-refractivity contribution is 7.98. The van der Waals surface area contributed by atoms with Crippen LogP contribution in [0.4, 0.5) is 0 Å². The minimum absolute atomic E-state index is 0.0496. The van der Waals surface area contributed by atoms with Crippen LogP contribution in [0.3, 0.4) is 0 Å². The molecular formula is C23H23ClN4O2S. The van der Waals surface area contributed by atoms with Crippen LogP contribution in [0.25, 0.3) is 10.9 Å². The second-order valence-electron chi connectivity index (χ2n) is 7.31. The van der Waals surface area contributed by atoms with Crippen LogP contribution in [0.15, 0.2) is 52.4 Å². The summed E-state index contributed by atoms with van der Waals surface area (Å²) in [7, 11) is 0. The third kappa shape index (κ3) is 4.62. The number of nitrogens with one attached hydrogen (secondary N) is 1. The van der Waals surface area contributed by atoms with E-state index in [9.17, 15) is 4.79 Å². The molecule has 0 aliphatic carbocycles. The largest absolute Gasteiger partial charge is 0.485 e. The van der Waals surface area contributed by atoms with Crippen LogP contribution < -0.4 is 10.2 Å². The van der Waals surface area contributed by atoms with Gasteiger partial charge in [-0.2, -0.15) is 0 Å². The van der Waals surface area contributed by atoms with Crippen LogP contribution >= 0.6 is 23.4 Å². The van der Waals surface area contributed by atoms with E-state index in [4.69, 9.17) is 16.3 Å². The Labute approximate surface area is 189 Å². The van der Waals surface area contributed by atoms with Crippen molar-refractivity contribution in [2.24, 2.45) is 0 Å². The summed E-state index contributed by atoms with van der Waals surface area (Å²) >= 11 is 7.77. The van der Waals surface area contributed by atoms with Crippen LogP contribution in [-0.4, -0.2) is 19.7 Å². The summed E-state index contributed by atoms with van der Waals surface area (Å²) in [6.45, 7) is 7.18. The Bertz CT molecular complexity index is 1300. The van der Waals surface area contributed by atoms with Gasteiger partial charge in [-0.15, -0.1) is 10.2 Å². The summed E-state index contributed by atoms with van der Waals surface area (Å²) < 4.78 is 8.03. The fourth-order valence-corrected chi connectivity index (χ4v) is 4.52. The van der Waals surface area contributed by atoms with E-state index in [1.54, 1.807) is 24.3 Å². The van der Waals surface area contributed by atoms with Crippen LogP contribution in [0.2, 0.25) is 5.02 Å². The number of aromatic amines is 1. The quantitative estimate of drug-likeness (QED) is 0.384. The molecule has 4 rings (SSSR count). The van der Waals surface area contributed by atoms with Gasteiger partial charge >= 0.3 is 0 Å². The molecule has 0 spiro atoms. The second kappa shape index (κ2) is 9.16. The van der Waals surface area contributed by atoms with E-state index in [0.717, 1.165) is 40.1 Å². The van der Waals surface area contributed by atoms with Gasteiger partial charge < -0.3 is 14.3 Å². The Morgan fingerprint density at radius 2 is 2.00 bits per heavy atom. The third-order valence-electron chi connectivity index (χ3n) is 5.04. The summed E-state index contributed by atoms with van der Waals surface area (Å²) in [6.07, 6.45) is 0. The first-order chi connectivity index (χ1) is 15.0. The van der Waals surface area contributed by atoms with E-state index >= 15 is 0 Å². The number of rotatable bonds is 7. The number of nitrogens with zero attached hydrogens (tertiary/aromatic N) is 3. The highest BCUT2D eigenvalue weighted by Crippen LogP contribution is 2.25. The van der Waals surface area contributed by atoms with E-state index in [-0.39, 0.29) is 5.43 Å². The van der Waals surface area contributed by atoms with Gasteiger partial charge in [-0.25, -0.2) is 0 Å². The Morgan fingerprint density at radius 3 is 2.81 bits per heavy atom. The van der Waals surface area contributed by atoms with Crippen molar-refractivity contribution >= 4 is 34.3 Å². The number of H-pyrrole nitrogens is 1. The minimum Gasteiger partial charge on any atom is -0.485 e. The fourth-order valence-electron chi connectivity index (χ4n) is 3.36. The molecule has 1 N–H and O–H groups in total. The Hall–Kier alpha value is -2.77. The standard InChI is InChI=1S/C23H23ClN4O2S/c1-4-28-21(12-30-20-10-14(2)8-9-15(20)3)26-27-23(28)31-13-16-11-19(29)17-6-5-7-18(24)22(17)25-16/h5-11H,4,12-13H2,1-3H3,(H,25,29). The average Bonchev–Trinajstić information content (AvgIpc) is 3.15. The van der Waals surface area contributed by atoms with Gasteiger partial charge in [0.05, 0.1) is 10.5 Å². The molecule has 0 aliphatic heterocycles. The van der Waals surface area contributed by atoms with Gasteiger partial charge in [0.15, 0.2) is 16.4 Å². The lowest BCUT2D eigenvalue weighted by molar-refractivity contribution is 0.286. The SMILES string of the molecule is CCn1c(COc2cc(C)ccc2C)nnc1SCc1cc(=O)c2cccc(Cl)c2[nH]1. The van der Waals surface area contributed by atoms with Crippen molar-refractivity contribution in [3.05, 3.63) is 80.4 Å². The van der Waals surface area contributed by atoms with Crippen molar-refractivity contribution in [2.75, 3.05) is 0 Å². The number of hydrogen-bond donors (Lipinski definition) is 1. The lowest BCUT2D eigenvalue weighted by atomic mass is 10.1. The predicted octanol–water partition coefficient (Wildman–Crippen LogP) is 5.28. The van der Waals surface area contributed by atoms with Crippen molar-refractivity contribution in [3.63, 3.8) is 0 Å². The molecule has 8 heteroatoms. The van der Waals surface area contributed by atoms with Gasteiger partial charge in [0.25, 0.3) is 0 Å². The van der Waals surface area contributed by atoms with E-state index in [1.165, 1.54) is 11.8 Å². The number of thioether (sulfide) groups is 1. The van der Waals surface area contributed by atoms with Crippen molar-refractivity contribution in [3.8, 4) is 5.75 Å². The molecule has 0 atom stereocenters. The fraction of sp³-hybridized carbons (Fsp3) is 0.261. The summed E-state index contributed by atoms with van der Waals surface area (Å²) in [4.78, 5) is 15.7. The molecule has 2 heterocycles. The van der Waals surface area contributed by atoms with Crippen molar-refractivity contribution in [2.45, 2.75) is 44.8 Å². The Kier molecular flexibility index (Phi) is 6.34. The maximum atomic E-state index is 12.4. The number of fused-ring (bicyclic) bond motifs is 1. The molecule has 31 heavy (non-hydrogen) atoms. The molecule has 0 fully saturated rings. The summed E-state index contributed by atoms with van der Waals surface area (Å²) in [5.74, 6) is 2.17. The zero-order valence-electron chi connectivity index (χ0n) is 17.6. The van der Waals surface area contributed by atoms with E-state index in [0.29, 0.717) is 28.3 Å². The number of aromatic nitrogens is 4. The van der Waals surface area contributed by atoms with E-state index in [1.807, 2.05) is 37.5 Å². The highest BCUT2D eigenvalue weighted by atomic mass is 35.5. The maximum absolute atomic E-state index is 12.4. The molecule has 2 aromatic carbocycles. The molecule has 0 saturated carbocycles. The topological polar surface area (TPSA) is 72.8 Å². The van der Waals surface area contributed by atoms with Gasteiger partial charge in [0.1, 0.15) is 12.4 Å². The van der Waals surface area contributed by atoms with Gasteiger partial charge in [0, 0.05) is 29.4 Å². The first-order valence-electron chi connectivity index (χ1n) is 10.0. The molecule has 0 unspecified atom stereocenters. The van der Waals surface area contributed by atoms with E-state index < -0.39 is 0 Å². The zero-order chi connectivity index (χ0) is 22.0. The summed E-state index contributed by atoms with van der Waals surface area (Å²) in [5.41, 5.74) is 3.63. The molecule has 4 aromatic rings. The van der Waals surface area contributed by atoms with Crippen LogP contribution in [0, 0.1) is 13.8 Å². The monoisotopic (exact) mass is 454 g/mol. The highest BCUT2D eigenvalue weighted by Gasteiger charge is 2.14. The number of aryl methyl sites for hydroxylation is 2. The first-order valence-corrected chi connectivity index (χ1v) is 11.4. The lowest BCUT2D eigenvalue weighted by Crippen LogP contribution is -2.08. The summed E-state index contributed by atoms with van der Waals surface area (Å²) in [5, 5.41) is 10.6. The predicted molar refractivity (Wildman–Crippen MR) is 125 cm³/mol. The second-order valence-corrected chi connectivity index (χ2v) is 8.66. The van der Waals surface area contributed by atoms with Crippen molar-refractivity contribution in [1.82, 2.24) is 19.7 Å². The van der Waals surface area contributed by atoms with Crippen molar-refractivity contribution in [1.29, 1.82) is 0 Å². The molecule has 0 amide bonds. The molecular weight excluding hydrogens is 432 g/mol. The lowest BCUT2D eigenvalue weighted by Gasteiger charge is -2.11. The van der Waals surface area contributed by atoms with Crippen molar-refractivity contribution < 1.29 is 4.74 Å². The van der Waals surface area contributed by atoms with Gasteiger partial charge in [-0.05, 0) is 50.1 Å². The average molecular weight is 455 g/mol. The zero-order valence-corrected chi connectivity index (χ0v) is 19.2. The number of para-hydroxylation sites is 1. The Balaban J connectivity index is 1.50. The van der Waals surface area contributed by atoms with Crippen LogP contribution in [-0.2, 0) is 18.9 Å². The normalized spacial score (nSPS) is 11.2. The first kappa shape index (κ1) is 21.5. The number of hydrogen-bond acceptors (Lipinski definition) is 5. The molecule has 0 radical (unpaired) electrons. The molecule has 160 valence electrons. The molecule has 2 aromatic heterocycles. The molecule has 0 bridgehead atoms. The summed E-state index contributed by atoms with van der Waals surface area (Å²) in [6, 6.07) is 13.1. The number of pyridine rings is 1. The number of ether oxygens (including phenoxy) is 1. The Morgan fingerprint density at radius 1 is 1.16 bits per heavy atom. The number of benzene rings is 2. The molecule has 0 saturated heterocycles. The van der Waals surface area contributed by atoms with Crippen LogP contribution in [0.1, 0.15) is 29.6 Å². The van der Waals surface area contributed by atoms with Crippen LogP contribution in [0.5, 0.6) is 5.75 Å². The molecule has 6 nitrogen and oxygen atoms in total. The maximum Gasteiger partial charge on any atom is 0.191 e. The van der Waals surface area contributed by atoms with Gasteiger partial charge in [-0.3, -0.25) is 4.79 Å². The van der Waals surface area contributed by atoms with Gasteiger partial charge in [0.2, 0.25) is 0 Å². The third-order valence-corrected chi connectivity index (χ3v) is 6.37. The number of halogens is 1. The minimum atomic E-state index is -0.0496.